The lowest BCUT2D eigenvalue weighted by atomic mass is 10.0. The first-order valence-electron chi connectivity index (χ1n) is 8.89. The van der Waals surface area contributed by atoms with E-state index in [-0.39, 0.29) is 18.1 Å². The smallest absolute Gasteiger partial charge is 0.255 e. The molecule has 2 aromatic carbocycles. The van der Waals surface area contributed by atoms with Crippen LogP contribution in [0.2, 0.25) is 5.02 Å². The fourth-order valence-corrected chi connectivity index (χ4v) is 3.69. The molecule has 138 valence electrons. The minimum Gasteiger partial charge on any atom is -0.371 e. The first-order chi connectivity index (χ1) is 13.1. The molecule has 1 aliphatic rings. The number of halogens is 1. The topological polar surface area (TPSA) is 56.2 Å². The molecule has 2 heterocycles. The Morgan fingerprint density at radius 1 is 1.19 bits per heavy atom. The second kappa shape index (κ2) is 7.55. The summed E-state index contributed by atoms with van der Waals surface area (Å²) in [5.41, 5.74) is 2.89. The van der Waals surface area contributed by atoms with Crippen molar-refractivity contribution in [1.29, 1.82) is 0 Å². The maximum atomic E-state index is 13.0. The van der Waals surface area contributed by atoms with Crippen molar-refractivity contribution >= 4 is 17.5 Å². The van der Waals surface area contributed by atoms with Gasteiger partial charge in [0.05, 0.1) is 16.6 Å². The number of carbonyl (C=O) groups excluding carboxylic acids is 1. The summed E-state index contributed by atoms with van der Waals surface area (Å²) in [4.78, 5) is 13.0. The number of amides is 1. The molecule has 0 bridgehead atoms. The van der Waals surface area contributed by atoms with Crippen molar-refractivity contribution in [2.45, 2.75) is 18.6 Å². The zero-order chi connectivity index (χ0) is 18.8. The Kier molecular flexibility index (Phi) is 4.97. The number of nitrogens with zero attached hydrogens (tertiary/aromatic N) is 2. The van der Waals surface area contributed by atoms with Gasteiger partial charge in [-0.2, -0.15) is 5.10 Å². The fourth-order valence-electron chi connectivity index (χ4n) is 3.46. The number of benzene rings is 2. The Morgan fingerprint density at radius 3 is 2.70 bits per heavy atom. The zero-order valence-corrected chi connectivity index (χ0v) is 15.7. The van der Waals surface area contributed by atoms with Crippen molar-refractivity contribution in [3.8, 4) is 11.3 Å². The summed E-state index contributed by atoms with van der Waals surface area (Å²) in [5.74, 6) is -0.172. The van der Waals surface area contributed by atoms with Gasteiger partial charge in [-0.05, 0) is 18.1 Å². The fraction of sp³-hybridized carbons (Fsp3) is 0.238. The Hall–Kier alpha value is -2.63. The molecule has 3 aromatic rings. The van der Waals surface area contributed by atoms with Crippen LogP contribution >= 0.6 is 11.6 Å². The lowest BCUT2D eigenvalue weighted by Gasteiger charge is -2.20. The summed E-state index contributed by atoms with van der Waals surface area (Å²) in [7, 11) is 1.79. The molecule has 5 nitrogen and oxygen atoms in total. The van der Waals surface area contributed by atoms with Gasteiger partial charge in [-0.1, -0.05) is 60.1 Å². The van der Waals surface area contributed by atoms with E-state index < -0.39 is 0 Å². The molecule has 0 saturated carbocycles. The highest BCUT2D eigenvalue weighted by atomic mass is 35.5. The van der Waals surface area contributed by atoms with E-state index in [0.29, 0.717) is 22.9 Å². The summed E-state index contributed by atoms with van der Waals surface area (Å²) < 4.78 is 7.50. The molecule has 1 aromatic heterocycles. The van der Waals surface area contributed by atoms with Crippen LogP contribution in [0, 0.1) is 0 Å². The largest absolute Gasteiger partial charge is 0.371 e. The van der Waals surface area contributed by atoms with Gasteiger partial charge in [0.15, 0.2) is 0 Å². The maximum absolute atomic E-state index is 13.0. The van der Waals surface area contributed by atoms with Crippen LogP contribution in [-0.4, -0.2) is 28.3 Å². The molecule has 27 heavy (non-hydrogen) atoms. The van der Waals surface area contributed by atoms with Crippen molar-refractivity contribution in [2.75, 3.05) is 6.61 Å². The van der Waals surface area contributed by atoms with E-state index in [0.717, 1.165) is 17.5 Å². The Bertz CT molecular complexity index is 955. The number of hydrogen-bond donors (Lipinski definition) is 1. The lowest BCUT2D eigenvalue weighted by molar-refractivity contribution is 0.0822. The molecule has 2 atom stereocenters. The average molecular weight is 382 g/mol. The predicted molar refractivity (Wildman–Crippen MR) is 105 cm³/mol. The van der Waals surface area contributed by atoms with Crippen LogP contribution in [0.5, 0.6) is 0 Å². The van der Waals surface area contributed by atoms with Gasteiger partial charge in [0, 0.05) is 25.4 Å². The van der Waals surface area contributed by atoms with Crippen molar-refractivity contribution in [3.05, 3.63) is 76.9 Å². The summed E-state index contributed by atoms with van der Waals surface area (Å²) in [6.07, 6.45) is 2.35. The third kappa shape index (κ3) is 3.61. The molecule has 0 spiro atoms. The highest BCUT2D eigenvalue weighted by Gasteiger charge is 2.32. The summed E-state index contributed by atoms with van der Waals surface area (Å²) >= 11 is 6.32. The van der Waals surface area contributed by atoms with Crippen LogP contribution in [0.15, 0.2) is 60.8 Å². The second-order valence-corrected chi connectivity index (χ2v) is 7.02. The Morgan fingerprint density at radius 2 is 1.93 bits per heavy atom. The van der Waals surface area contributed by atoms with E-state index in [4.69, 9.17) is 16.3 Å². The van der Waals surface area contributed by atoms with E-state index in [1.54, 1.807) is 24.0 Å². The third-order valence-electron chi connectivity index (χ3n) is 4.74. The van der Waals surface area contributed by atoms with Crippen LogP contribution < -0.4 is 5.32 Å². The molecule has 1 N–H and O–H groups in total. The molecule has 1 fully saturated rings. The molecule has 0 aliphatic carbocycles. The quantitative estimate of drug-likeness (QED) is 0.743. The van der Waals surface area contributed by atoms with Crippen LogP contribution in [-0.2, 0) is 11.8 Å². The molecule has 0 unspecified atom stereocenters. The number of carbonyl (C=O) groups is 1. The average Bonchev–Trinajstić information content (AvgIpc) is 3.29. The molecular formula is C21H20ClN3O2. The lowest BCUT2D eigenvalue weighted by Crippen LogP contribution is -2.36. The summed E-state index contributed by atoms with van der Waals surface area (Å²) in [6.45, 7) is 0.620. The van der Waals surface area contributed by atoms with Gasteiger partial charge in [-0.25, -0.2) is 0 Å². The van der Waals surface area contributed by atoms with Gasteiger partial charge in [-0.3, -0.25) is 9.48 Å². The van der Waals surface area contributed by atoms with Crippen LogP contribution in [0.4, 0.5) is 0 Å². The first-order valence-corrected chi connectivity index (χ1v) is 9.27. The number of aryl methyl sites for hydroxylation is 1. The van der Waals surface area contributed by atoms with E-state index in [2.05, 4.69) is 10.4 Å². The molecular weight excluding hydrogens is 362 g/mol. The van der Waals surface area contributed by atoms with E-state index >= 15 is 0 Å². The third-order valence-corrected chi connectivity index (χ3v) is 5.07. The minimum atomic E-state index is -0.172. The minimum absolute atomic E-state index is 0.0841. The molecule has 6 heteroatoms. The second-order valence-electron chi connectivity index (χ2n) is 6.62. The van der Waals surface area contributed by atoms with Crippen molar-refractivity contribution in [1.82, 2.24) is 15.1 Å². The van der Waals surface area contributed by atoms with Crippen molar-refractivity contribution in [2.24, 2.45) is 7.05 Å². The van der Waals surface area contributed by atoms with Crippen LogP contribution in [0.3, 0.4) is 0 Å². The normalized spacial score (nSPS) is 19.2. The standard InChI is InChI=1S/C21H20ClN3O2/c1-25-13-16(19(24-25)15-9-5-6-10-17(15)22)21(26)23-18-11-12-27-20(18)14-7-3-2-4-8-14/h2-10,13,18,20H,11-12H2,1H3,(H,23,26)/t18-,20-/m0/s1. The van der Waals surface area contributed by atoms with E-state index in [9.17, 15) is 4.79 Å². The van der Waals surface area contributed by atoms with Gasteiger partial charge in [-0.15, -0.1) is 0 Å². The van der Waals surface area contributed by atoms with Crippen molar-refractivity contribution < 1.29 is 9.53 Å². The molecule has 0 radical (unpaired) electrons. The summed E-state index contributed by atoms with van der Waals surface area (Å²) in [5, 5.41) is 8.15. The van der Waals surface area contributed by atoms with Gasteiger partial charge >= 0.3 is 0 Å². The predicted octanol–water partition coefficient (Wildman–Crippen LogP) is 4.00. The van der Waals surface area contributed by atoms with Crippen molar-refractivity contribution in [3.63, 3.8) is 0 Å². The van der Waals surface area contributed by atoms with Gasteiger partial charge < -0.3 is 10.1 Å². The molecule has 1 aliphatic heterocycles. The molecule has 1 saturated heterocycles. The Labute approximate surface area is 162 Å². The zero-order valence-electron chi connectivity index (χ0n) is 14.9. The molecule has 1 amide bonds. The Balaban J connectivity index is 1.60. The summed E-state index contributed by atoms with van der Waals surface area (Å²) in [6, 6.07) is 17.3. The van der Waals surface area contributed by atoms with Gasteiger partial charge in [0.1, 0.15) is 11.8 Å². The number of ether oxygens (including phenoxy) is 1. The first kappa shape index (κ1) is 17.8. The van der Waals surface area contributed by atoms with Gasteiger partial charge in [0.25, 0.3) is 5.91 Å². The number of nitrogens with one attached hydrogen (secondary N) is 1. The highest BCUT2D eigenvalue weighted by molar-refractivity contribution is 6.33. The van der Waals surface area contributed by atoms with E-state index in [1.165, 1.54) is 0 Å². The monoisotopic (exact) mass is 381 g/mol. The van der Waals surface area contributed by atoms with Gasteiger partial charge in [0.2, 0.25) is 0 Å². The number of rotatable bonds is 4. The maximum Gasteiger partial charge on any atom is 0.255 e. The molecule has 4 rings (SSSR count). The van der Waals surface area contributed by atoms with E-state index in [1.807, 2.05) is 48.5 Å². The number of hydrogen-bond acceptors (Lipinski definition) is 3. The number of aromatic nitrogens is 2. The SMILES string of the molecule is Cn1cc(C(=O)N[C@H]2CCO[C@H]2c2ccccc2)c(-c2ccccc2Cl)n1. The van der Waals surface area contributed by atoms with Crippen LogP contribution in [0.1, 0.15) is 28.4 Å². The van der Waals surface area contributed by atoms with Crippen LogP contribution in [0.25, 0.3) is 11.3 Å². The highest BCUT2D eigenvalue weighted by Crippen LogP contribution is 2.31.